The van der Waals surface area contributed by atoms with Crippen molar-refractivity contribution < 1.29 is 23.8 Å². The first-order valence-corrected chi connectivity index (χ1v) is 10.1. The van der Waals surface area contributed by atoms with Crippen molar-refractivity contribution in [2.75, 3.05) is 25.7 Å². The van der Waals surface area contributed by atoms with Crippen LogP contribution in [0.5, 0.6) is 17.2 Å². The molecule has 1 unspecified atom stereocenters. The van der Waals surface area contributed by atoms with Crippen LogP contribution in [0.15, 0.2) is 42.5 Å². The smallest absolute Gasteiger partial charge is 0.263 e. The summed E-state index contributed by atoms with van der Waals surface area (Å²) in [6, 6.07) is 12.4. The van der Waals surface area contributed by atoms with Crippen molar-refractivity contribution in [1.82, 2.24) is 5.32 Å². The SMILES string of the molecule is CCC(CC)NC(=O)C1CN(C(=O)c2cccc(OC)c2OC)c2ccccc2O1. The number of rotatable bonds is 7. The first kappa shape index (κ1) is 21.5. The lowest BCUT2D eigenvalue weighted by Gasteiger charge is -2.35. The van der Waals surface area contributed by atoms with E-state index in [0.717, 1.165) is 12.8 Å². The minimum Gasteiger partial charge on any atom is -0.493 e. The van der Waals surface area contributed by atoms with E-state index in [1.807, 2.05) is 26.0 Å². The fraction of sp³-hybridized carbons (Fsp3) is 0.391. The molecule has 1 heterocycles. The maximum Gasteiger partial charge on any atom is 0.263 e. The summed E-state index contributed by atoms with van der Waals surface area (Å²) in [5, 5.41) is 3.01. The van der Waals surface area contributed by atoms with Gasteiger partial charge >= 0.3 is 0 Å². The number of nitrogens with zero attached hydrogens (tertiary/aromatic N) is 1. The van der Waals surface area contributed by atoms with E-state index in [2.05, 4.69) is 5.32 Å². The van der Waals surface area contributed by atoms with Crippen LogP contribution in [-0.4, -0.2) is 44.7 Å². The predicted octanol–water partition coefficient (Wildman–Crippen LogP) is 3.42. The number of hydrogen-bond donors (Lipinski definition) is 1. The molecule has 0 spiro atoms. The summed E-state index contributed by atoms with van der Waals surface area (Å²) in [6.45, 7) is 4.15. The number of fused-ring (bicyclic) bond motifs is 1. The van der Waals surface area contributed by atoms with E-state index in [1.165, 1.54) is 14.2 Å². The molecule has 0 fully saturated rings. The molecule has 7 heteroatoms. The van der Waals surface area contributed by atoms with E-state index in [4.69, 9.17) is 14.2 Å². The Balaban J connectivity index is 1.95. The molecule has 0 saturated heterocycles. The third-order valence-corrected chi connectivity index (χ3v) is 5.28. The van der Waals surface area contributed by atoms with E-state index in [9.17, 15) is 9.59 Å². The van der Waals surface area contributed by atoms with Crippen LogP contribution >= 0.6 is 0 Å². The Morgan fingerprint density at radius 2 is 1.83 bits per heavy atom. The summed E-state index contributed by atoms with van der Waals surface area (Å²) in [5.41, 5.74) is 0.965. The van der Waals surface area contributed by atoms with Crippen molar-refractivity contribution >= 4 is 17.5 Å². The Labute approximate surface area is 176 Å². The van der Waals surface area contributed by atoms with Crippen LogP contribution in [0.25, 0.3) is 0 Å². The van der Waals surface area contributed by atoms with Crippen LogP contribution in [0.4, 0.5) is 5.69 Å². The van der Waals surface area contributed by atoms with Crippen LogP contribution in [-0.2, 0) is 4.79 Å². The number of para-hydroxylation sites is 3. The standard InChI is InChI=1S/C23H28N2O5/c1-5-15(6-2)24-22(26)20-14-25(17-11-7-8-12-18(17)30-20)23(27)16-10-9-13-19(28-3)21(16)29-4/h7-13,15,20H,5-6,14H2,1-4H3,(H,24,26). The van der Waals surface area contributed by atoms with Gasteiger partial charge in [0.1, 0.15) is 5.75 Å². The van der Waals surface area contributed by atoms with Gasteiger partial charge in [-0.05, 0) is 37.1 Å². The fourth-order valence-electron chi connectivity index (χ4n) is 3.55. The number of amides is 2. The van der Waals surface area contributed by atoms with Gasteiger partial charge in [0, 0.05) is 6.04 Å². The van der Waals surface area contributed by atoms with Crippen molar-refractivity contribution in [2.45, 2.75) is 38.8 Å². The molecule has 0 bridgehead atoms. The minimum absolute atomic E-state index is 0.0703. The molecular formula is C23H28N2O5. The number of ether oxygens (including phenoxy) is 3. The average Bonchev–Trinajstić information content (AvgIpc) is 2.80. The Morgan fingerprint density at radius 1 is 1.10 bits per heavy atom. The van der Waals surface area contributed by atoms with Crippen molar-refractivity contribution in [1.29, 1.82) is 0 Å². The van der Waals surface area contributed by atoms with Gasteiger partial charge in [0.05, 0.1) is 32.0 Å². The van der Waals surface area contributed by atoms with E-state index in [0.29, 0.717) is 28.5 Å². The number of benzene rings is 2. The highest BCUT2D eigenvalue weighted by Gasteiger charge is 2.35. The lowest BCUT2D eigenvalue weighted by atomic mass is 10.1. The van der Waals surface area contributed by atoms with Crippen molar-refractivity contribution in [3.63, 3.8) is 0 Å². The largest absolute Gasteiger partial charge is 0.493 e. The molecule has 30 heavy (non-hydrogen) atoms. The highest BCUT2D eigenvalue weighted by molar-refractivity contribution is 6.10. The van der Waals surface area contributed by atoms with Gasteiger partial charge in [-0.15, -0.1) is 0 Å². The van der Waals surface area contributed by atoms with Crippen LogP contribution in [0.2, 0.25) is 0 Å². The topological polar surface area (TPSA) is 77.1 Å². The monoisotopic (exact) mass is 412 g/mol. The molecule has 2 aromatic rings. The fourth-order valence-corrected chi connectivity index (χ4v) is 3.55. The van der Waals surface area contributed by atoms with Gasteiger partial charge in [-0.25, -0.2) is 0 Å². The molecule has 0 aromatic heterocycles. The molecular weight excluding hydrogens is 384 g/mol. The number of carbonyl (C=O) groups is 2. The quantitative estimate of drug-likeness (QED) is 0.754. The molecule has 2 aromatic carbocycles. The molecule has 1 aliphatic rings. The number of nitrogens with one attached hydrogen (secondary N) is 1. The summed E-state index contributed by atoms with van der Waals surface area (Å²) in [4.78, 5) is 27.9. The molecule has 3 rings (SSSR count). The summed E-state index contributed by atoms with van der Waals surface area (Å²) < 4.78 is 16.7. The second kappa shape index (κ2) is 9.52. The van der Waals surface area contributed by atoms with E-state index in [1.54, 1.807) is 35.2 Å². The van der Waals surface area contributed by atoms with Crippen LogP contribution in [0.1, 0.15) is 37.0 Å². The predicted molar refractivity (Wildman–Crippen MR) is 115 cm³/mol. The molecule has 0 radical (unpaired) electrons. The zero-order chi connectivity index (χ0) is 21.7. The van der Waals surface area contributed by atoms with Crippen LogP contribution < -0.4 is 24.4 Å². The maximum absolute atomic E-state index is 13.5. The van der Waals surface area contributed by atoms with Crippen molar-refractivity contribution in [3.8, 4) is 17.2 Å². The Morgan fingerprint density at radius 3 is 2.50 bits per heavy atom. The molecule has 0 aliphatic carbocycles. The average molecular weight is 412 g/mol. The molecule has 1 aliphatic heterocycles. The highest BCUT2D eigenvalue weighted by atomic mass is 16.5. The molecule has 2 amide bonds. The molecule has 1 atom stereocenters. The van der Waals surface area contributed by atoms with Crippen molar-refractivity contribution in [2.24, 2.45) is 0 Å². The molecule has 1 N–H and O–H groups in total. The highest BCUT2D eigenvalue weighted by Crippen LogP contribution is 2.37. The summed E-state index contributed by atoms with van der Waals surface area (Å²) in [5.74, 6) is 0.791. The van der Waals surface area contributed by atoms with E-state index in [-0.39, 0.29) is 24.4 Å². The number of carbonyl (C=O) groups excluding carboxylic acids is 2. The summed E-state index contributed by atoms with van der Waals surface area (Å²) in [7, 11) is 3.02. The summed E-state index contributed by atoms with van der Waals surface area (Å²) >= 11 is 0. The second-order valence-electron chi connectivity index (χ2n) is 7.05. The van der Waals surface area contributed by atoms with Gasteiger partial charge in [-0.3, -0.25) is 9.59 Å². The molecule has 7 nitrogen and oxygen atoms in total. The summed E-state index contributed by atoms with van der Waals surface area (Å²) in [6.07, 6.45) is 0.853. The van der Waals surface area contributed by atoms with Gasteiger partial charge in [0.2, 0.25) is 0 Å². The third kappa shape index (κ3) is 4.20. The zero-order valence-corrected chi connectivity index (χ0v) is 17.8. The normalized spacial score (nSPS) is 15.2. The Bertz CT molecular complexity index is 910. The number of anilines is 1. The molecule has 160 valence electrons. The van der Waals surface area contributed by atoms with Gasteiger partial charge in [0.25, 0.3) is 11.8 Å². The van der Waals surface area contributed by atoms with Gasteiger partial charge < -0.3 is 24.4 Å². The van der Waals surface area contributed by atoms with Crippen LogP contribution in [0, 0.1) is 0 Å². The first-order chi connectivity index (χ1) is 14.5. The third-order valence-electron chi connectivity index (χ3n) is 5.28. The first-order valence-electron chi connectivity index (χ1n) is 10.1. The van der Waals surface area contributed by atoms with Crippen molar-refractivity contribution in [3.05, 3.63) is 48.0 Å². The Hall–Kier alpha value is -3.22. The Kier molecular flexibility index (Phi) is 6.82. The van der Waals surface area contributed by atoms with Crippen LogP contribution in [0.3, 0.4) is 0 Å². The van der Waals surface area contributed by atoms with Gasteiger partial charge in [0.15, 0.2) is 17.6 Å². The number of methoxy groups -OCH3 is 2. The van der Waals surface area contributed by atoms with E-state index < -0.39 is 6.10 Å². The zero-order valence-electron chi connectivity index (χ0n) is 17.8. The lowest BCUT2D eigenvalue weighted by molar-refractivity contribution is -0.128. The number of hydrogen-bond acceptors (Lipinski definition) is 5. The molecule has 0 saturated carbocycles. The van der Waals surface area contributed by atoms with Gasteiger partial charge in [-0.1, -0.05) is 32.0 Å². The second-order valence-corrected chi connectivity index (χ2v) is 7.05. The maximum atomic E-state index is 13.5. The lowest BCUT2D eigenvalue weighted by Crippen LogP contribution is -2.52. The minimum atomic E-state index is -0.805. The van der Waals surface area contributed by atoms with E-state index >= 15 is 0 Å². The van der Waals surface area contributed by atoms with Gasteiger partial charge in [-0.2, -0.15) is 0 Å².